The molecule has 4 aromatic heterocycles. The van der Waals surface area contributed by atoms with Crippen LogP contribution in [0.5, 0.6) is 0 Å². The van der Waals surface area contributed by atoms with E-state index in [9.17, 15) is 9.59 Å². The third-order valence-corrected chi connectivity index (χ3v) is 7.32. The van der Waals surface area contributed by atoms with Crippen LogP contribution in [0.4, 0.5) is 5.82 Å². The lowest BCUT2D eigenvalue weighted by Crippen LogP contribution is -2.20. The van der Waals surface area contributed by atoms with Crippen molar-refractivity contribution in [2.24, 2.45) is 0 Å². The van der Waals surface area contributed by atoms with Gasteiger partial charge in [0, 0.05) is 26.3 Å². The molecular formula is C21H16Cl3N5O2S2. The van der Waals surface area contributed by atoms with Gasteiger partial charge in [-0.05, 0) is 55.3 Å². The van der Waals surface area contributed by atoms with Gasteiger partial charge in [0.25, 0.3) is 5.56 Å². The van der Waals surface area contributed by atoms with E-state index in [0.29, 0.717) is 32.6 Å². The van der Waals surface area contributed by atoms with Crippen molar-refractivity contribution >= 4 is 83.7 Å². The average molecular weight is 541 g/mol. The Kier molecular flexibility index (Phi) is 7.06. The maximum atomic E-state index is 11.1. The topological polar surface area (TPSA) is 104 Å². The van der Waals surface area contributed by atoms with E-state index >= 15 is 0 Å². The highest BCUT2D eigenvalue weighted by Crippen LogP contribution is 2.31. The van der Waals surface area contributed by atoms with Crippen molar-refractivity contribution < 1.29 is 0 Å². The fourth-order valence-electron chi connectivity index (χ4n) is 3.07. The Morgan fingerprint density at radius 2 is 1.67 bits per heavy atom. The fourth-order valence-corrected chi connectivity index (χ4v) is 5.50. The number of anilines is 1. The van der Waals surface area contributed by atoms with Gasteiger partial charge in [-0.25, -0.2) is 9.78 Å². The minimum atomic E-state index is -0.453. The van der Waals surface area contributed by atoms with Crippen LogP contribution in [0.1, 0.15) is 15.3 Å². The molecule has 33 heavy (non-hydrogen) atoms. The molecule has 0 unspecified atom stereocenters. The van der Waals surface area contributed by atoms with Crippen molar-refractivity contribution in [3.63, 3.8) is 0 Å². The normalized spacial score (nSPS) is 10.9. The van der Waals surface area contributed by atoms with Gasteiger partial charge in [-0.1, -0.05) is 29.3 Å². The van der Waals surface area contributed by atoms with Gasteiger partial charge >= 0.3 is 5.69 Å². The molecule has 0 spiro atoms. The first-order chi connectivity index (χ1) is 15.7. The van der Waals surface area contributed by atoms with Crippen LogP contribution in [-0.4, -0.2) is 19.9 Å². The lowest BCUT2D eigenvalue weighted by molar-refractivity contribution is 1.09. The highest BCUT2D eigenvalue weighted by atomic mass is 35.5. The Morgan fingerprint density at radius 1 is 0.939 bits per heavy atom. The van der Waals surface area contributed by atoms with Gasteiger partial charge in [0.1, 0.15) is 10.5 Å². The minimum absolute atomic E-state index is 0.227. The molecule has 3 N–H and O–H groups in total. The van der Waals surface area contributed by atoms with E-state index in [4.69, 9.17) is 34.8 Å². The summed E-state index contributed by atoms with van der Waals surface area (Å²) in [6.45, 7) is 4.46. The predicted octanol–water partition coefficient (Wildman–Crippen LogP) is 6.16. The molecule has 5 rings (SSSR count). The lowest BCUT2D eigenvalue weighted by Gasteiger charge is -2.08. The fraction of sp³-hybridized carbons (Fsp3) is 0.143. The number of benzene rings is 1. The van der Waals surface area contributed by atoms with Crippen LogP contribution in [0.25, 0.3) is 20.4 Å². The van der Waals surface area contributed by atoms with Crippen molar-refractivity contribution in [1.29, 1.82) is 0 Å². The van der Waals surface area contributed by atoms with Gasteiger partial charge < -0.3 is 10.3 Å². The Morgan fingerprint density at radius 3 is 2.42 bits per heavy atom. The van der Waals surface area contributed by atoms with Crippen molar-refractivity contribution in [1.82, 2.24) is 19.9 Å². The van der Waals surface area contributed by atoms with Gasteiger partial charge in [0.05, 0.1) is 15.7 Å². The number of H-pyrrole nitrogens is 2. The summed E-state index contributed by atoms with van der Waals surface area (Å²) in [6, 6.07) is 9.20. The zero-order valence-electron chi connectivity index (χ0n) is 17.3. The van der Waals surface area contributed by atoms with Crippen LogP contribution < -0.4 is 16.6 Å². The van der Waals surface area contributed by atoms with Gasteiger partial charge in [-0.2, -0.15) is 4.98 Å². The van der Waals surface area contributed by atoms with Crippen molar-refractivity contribution in [2.45, 2.75) is 20.4 Å². The van der Waals surface area contributed by atoms with Crippen molar-refractivity contribution in [3.05, 3.63) is 81.8 Å². The van der Waals surface area contributed by atoms with E-state index in [1.54, 1.807) is 23.5 Å². The highest BCUT2D eigenvalue weighted by Gasteiger charge is 2.10. The van der Waals surface area contributed by atoms with Crippen LogP contribution in [0, 0.1) is 13.8 Å². The number of nitrogens with one attached hydrogen (secondary N) is 3. The van der Waals surface area contributed by atoms with Gasteiger partial charge in [-0.15, -0.1) is 22.7 Å². The number of aryl methyl sites for hydroxylation is 2. The third-order valence-electron chi connectivity index (χ3n) is 4.47. The molecule has 0 amide bonds. The first kappa shape index (κ1) is 23.7. The molecule has 0 saturated carbocycles. The first-order valence-corrected chi connectivity index (χ1v) is 12.3. The Balaban J connectivity index is 0.000000183. The maximum Gasteiger partial charge on any atom is 0.326 e. The maximum absolute atomic E-state index is 11.1. The average Bonchev–Trinajstić information content (AvgIpc) is 3.28. The second-order valence-corrected chi connectivity index (χ2v) is 10.7. The molecule has 12 heteroatoms. The number of rotatable bonds is 3. The quantitative estimate of drug-likeness (QED) is 0.238. The smallest absolute Gasteiger partial charge is 0.326 e. The molecule has 0 radical (unpaired) electrons. The minimum Gasteiger partial charge on any atom is -0.365 e. The molecule has 0 aliphatic heterocycles. The molecule has 0 aliphatic rings. The number of hydrogen-bond acceptors (Lipinski definition) is 7. The standard InChI is InChI=1S/C14H10Cl3N3S.C7H6N2O2S/c1-7-4-11-12(21-7)13(20-14(17)19-11)18-6-8-2-3-9(15)5-10(8)16;1-3-2-4-5(12-3)6(10)9-7(11)8-4/h2-5H,6H2,1H3,(H,18,19,20);2H,1H3,(H2,8,9,10,11). The molecule has 1 aromatic carbocycles. The zero-order chi connectivity index (χ0) is 23.7. The van der Waals surface area contributed by atoms with Crippen LogP contribution in [0.15, 0.2) is 39.9 Å². The van der Waals surface area contributed by atoms with E-state index in [1.807, 2.05) is 32.0 Å². The van der Waals surface area contributed by atoms with Crippen molar-refractivity contribution in [2.75, 3.05) is 5.32 Å². The molecule has 0 saturated heterocycles. The Bertz CT molecular complexity index is 1590. The largest absolute Gasteiger partial charge is 0.365 e. The van der Waals surface area contributed by atoms with E-state index in [0.717, 1.165) is 25.5 Å². The molecule has 0 bridgehead atoms. The highest BCUT2D eigenvalue weighted by molar-refractivity contribution is 7.19. The van der Waals surface area contributed by atoms with E-state index in [-0.39, 0.29) is 10.8 Å². The summed E-state index contributed by atoms with van der Waals surface area (Å²) in [7, 11) is 0. The summed E-state index contributed by atoms with van der Waals surface area (Å²) >= 11 is 21.0. The van der Waals surface area contributed by atoms with Gasteiger partial charge in [-0.3, -0.25) is 9.78 Å². The van der Waals surface area contributed by atoms with Crippen molar-refractivity contribution in [3.8, 4) is 0 Å². The zero-order valence-corrected chi connectivity index (χ0v) is 21.2. The summed E-state index contributed by atoms with van der Waals surface area (Å²) in [5, 5.41) is 4.73. The molecule has 0 aliphatic carbocycles. The summed E-state index contributed by atoms with van der Waals surface area (Å²) in [5.74, 6) is 0.717. The van der Waals surface area contributed by atoms with Gasteiger partial charge in [0.15, 0.2) is 0 Å². The Hall–Kier alpha value is -2.43. The predicted molar refractivity (Wildman–Crippen MR) is 139 cm³/mol. The second kappa shape index (κ2) is 9.82. The van der Waals surface area contributed by atoms with E-state index in [2.05, 4.69) is 25.3 Å². The SMILES string of the molecule is Cc1cc2[nH]c(=O)[nH]c(=O)c2s1.Cc1cc2nc(Cl)nc(NCc3ccc(Cl)cc3Cl)c2s1. The number of hydrogen-bond donors (Lipinski definition) is 3. The first-order valence-electron chi connectivity index (χ1n) is 9.54. The van der Waals surface area contributed by atoms with E-state index in [1.165, 1.54) is 11.3 Å². The molecule has 170 valence electrons. The molecule has 7 nitrogen and oxygen atoms in total. The molecule has 0 fully saturated rings. The Labute approximate surface area is 210 Å². The summed E-state index contributed by atoms with van der Waals surface area (Å²) < 4.78 is 1.56. The number of halogens is 3. The summed E-state index contributed by atoms with van der Waals surface area (Å²) in [6.07, 6.45) is 0. The molecule has 5 aromatic rings. The lowest BCUT2D eigenvalue weighted by atomic mass is 10.2. The number of aromatic amines is 2. The van der Waals surface area contributed by atoms with E-state index < -0.39 is 5.69 Å². The van der Waals surface area contributed by atoms with Crippen LogP contribution in [-0.2, 0) is 6.54 Å². The monoisotopic (exact) mass is 539 g/mol. The van der Waals surface area contributed by atoms with Crippen LogP contribution in [0.3, 0.4) is 0 Å². The molecule has 0 atom stereocenters. The summed E-state index contributed by atoms with van der Waals surface area (Å²) in [4.78, 5) is 37.3. The van der Waals surface area contributed by atoms with Crippen LogP contribution in [0.2, 0.25) is 15.3 Å². The second-order valence-electron chi connectivity index (χ2n) is 7.01. The summed E-state index contributed by atoms with van der Waals surface area (Å²) in [5.41, 5.74) is 1.64. The number of nitrogens with zero attached hydrogens (tertiary/aromatic N) is 2. The number of fused-ring (bicyclic) bond motifs is 2. The molecule has 4 heterocycles. The van der Waals surface area contributed by atoms with Crippen LogP contribution >= 0.6 is 57.5 Å². The number of thiophene rings is 2. The van der Waals surface area contributed by atoms with Gasteiger partial charge in [0.2, 0.25) is 5.28 Å². The number of aromatic nitrogens is 4. The molecular weight excluding hydrogens is 525 g/mol. The third kappa shape index (κ3) is 5.56.